The Morgan fingerprint density at radius 3 is 2.76 bits per heavy atom. The monoisotopic (exact) mass is 359 g/mol. The molecule has 1 aromatic carbocycles. The fraction of sp³-hybridized carbons (Fsp3) is 0.625. The summed E-state index contributed by atoms with van der Waals surface area (Å²) in [7, 11) is 0. The van der Waals surface area contributed by atoms with Gasteiger partial charge in [-0.05, 0) is 31.0 Å². The molecule has 4 nitrogen and oxygen atoms in total. The molecule has 0 aromatic heterocycles. The minimum Gasteiger partial charge on any atom is -0.389 e. The molecule has 120 valence electrons. The molecule has 2 N–H and O–H groups in total. The molecule has 0 amide bonds. The SMILES string of the molecule is CCCCOCCOCC(O)CNc1cc(Br)ccc1C. The molecule has 0 saturated heterocycles. The Kier molecular flexibility index (Phi) is 9.67. The van der Waals surface area contributed by atoms with E-state index in [9.17, 15) is 5.11 Å². The van der Waals surface area contributed by atoms with E-state index in [-0.39, 0.29) is 0 Å². The minimum absolute atomic E-state index is 0.317. The lowest BCUT2D eigenvalue weighted by Gasteiger charge is -2.15. The Morgan fingerprint density at radius 2 is 2.00 bits per heavy atom. The van der Waals surface area contributed by atoms with Crippen molar-refractivity contribution in [1.29, 1.82) is 0 Å². The topological polar surface area (TPSA) is 50.7 Å². The molecule has 1 unspecified atom stereocenters. The van der Waals surface area contributed by atoms with Crippen molar-refractivity contribution < 1.29 is 14.6 Å². The zero-order valence-corrected chi connectivity index (χ0v) is 14.5. The number of benzene rings is 1. The fourth-order valence-corrected chi connectivity index (χ4v) is 2.12. The molecule has 0 bridgehead atoms. The summed E-state index contributed by atoms with van der Waals surface area (Å²) in [6.45, 7) is 6.85. The van der Waals surface area contributed by atoms with Crippen LogP contribution < -0.4 is 5.32 Å². The highest BCUT2D eigenvalue weighted by Gasteiger charge is 2.05. The Labute approximate surface area is 136 Å². The highest BCUT2D eigenvalue weighted by molar-refractivity contribution is 9.10. The molecule has 0 heterocycles. The van der Waals surface area contributed by atoms with E-state index < -0.39 is 6.10 Å². The first-order chi connectivity index (χ1) is 10.1. The number of unbranched alkanes of at least 4 members (excludes halogenated alkanes) is 1. The third kappa shape index (κ3) is 8.41. The van der Waals surface area contributed by atoms with Crippen LogP contribution >= 0.6 is 15.9 Å². The van der Waals surface area contributed by atoms with Crippen molar-refractivity contribution in [3.63, 3.8) is 0 Å². The molecule has 0 aliphatic carbocycles. The lowest BCUT2D eigenvalue weighted by Crippen LogP contribution is -2.26. The molecule has 1 rings (SSSR count). The van der Waals surface area contributed by atoms with Crippen molar-refractivity contribution >= 4 is 21.6 Å². The van der Waals surface area contributed by atoms with Crippen LogP contribution in [0.3, 0.4) is 0 Å². The normalized spacial score (nSPS) is 12.4. The van der Waals surface area contributed by atoms with Crippen LogP contribution in [-0.2, 0) is 9.47 Å². The van der Waals surface area contributed by atoms with E-state index in [0.29, 0.717) is 26.4 Å². The van der Waals surface area contributed by atoms with Crippen LogP contribution in [0.15, 0.2) is 22.7 Å². The van der Waals surface area contributed by atoms with E-state index in [4.69, 9.17) is 9.47 Å². The summed E-state index contributed by atoms with van der Waals surface area (Å²) in [5.74, 6) is 0. The van der Waals surface area contributed by atoms with Gasteiger partial charge in [0, 0.05) is 23.3 Å². The summed E-state index contributed by atoms with van der Waals surface area (Å²) in [5, 5.41) is 13.1. The molecular formula is C16H26BrNO3. The van der Waals surface area contributed by atoms with E-state index in [0.717, 1.165) is 35.2 Å². The Balaban J connectivity index is 2.11. The molecule has 21 heavy (non-hydrogen) atoms. The smallest absolute Gasteiger partial charge is 0.0945 e. The van der Waals surface area contributed by atoms with E-state index in [1.165, 1.54) is 0 Å². The Hall–Kier alpha value is -0.620. The quantitative estimate of drug-likeness (QED) is 0.594. The molecule has 0 saturated carbocycles. The number of hydrogen-bond donors (Lipinski definition) is 2. The van der Waals surface area contributed by atoms with E-state index >= 15 is 0 Å². The zero-order valence-electron chi connectivity index (χ0n) is 12.9. The summed E-state index contributed by atoms with van der Waals surface area (Å²) in [5.41, 5.74) is 2.17. The second-order valence-corrected chi connectivity index (χ2v) is 5.95. The third-order valence-electron chi connectivity index (χ3n) is 3.05. The van der Waals surface area contributed by atoms with Gasteiger partial charge in [0.25, 0.3) is 0 Å². The summed E-state index contributed by atoms with van der Waals surface area (Å²) in [6.07, 6.45) is 1.69. The second kappa shape index (κ2) is 11.0. The van der Waals surface area contributed by atoms with Gasteiger partial charge in [0.1, 0.15) is 0 Å². The number of aliphatic hydroxyl groups is 1. The number of ether oxygens (including phenoxy) is 2. The summed E-state index contributed by atoms with van der Waals surface area (Å²) < 4.78 is 11.8. The first-order valence-corrected chi connectivity index (χ1v) is 8.26. The van der Waals surface area contributed by atoms with Crippen molar-refractivity contribution in [2.24, 2.45) is 0 Å². The lowest BCUT2D eigenvalue weighted by molar-refractivity contribution is 0.00749. The fourth-order valence-electron chi connectivity index (χ4n) is 1.76. The average Bonchev–Trinajstić information content (AvgIpc) is 2.47. The van der Waals surface area contributed by atoms with Gasteiger partial charge in [-0.3, -0.25) is 0 Å². The molecule has 0 aliphatic heterocycles. The molecule has 1 aromatic rings. The van der Waals surface area contributed by atoms with Crippen LogP contribution in [0.2, 0.25) is 0 Å². The number of anilines is 1. The van der Waals surface area contributed by atoms with Crippen LogP contribution in [-0.4, -0.2) is 44.2 Å². The van der Waals surface area contributed by atoms with Gasteiger partial charge in [0.15, 0.2) is 0 Å². The molecule has 5 heteroatoms. The van der Waals surface area contributed by atoms with Crippen molar-refractivity contribution in [3.05, 3.63) is 28.2 Å². The predicted octanol–water partition coefficient (Wildman–Crippen LogP) is 3.36. The highest BCUT2D eigenvalue weighted by atomic mass is 79.9. The number of aliphatic hydroxyl groups excluding tert-OH is 1. The zero-order chi connectivity index (χ0) is 15.5. The molecule has 1 atom stereocenters. The lowest BCUT2D eigenvalue weighted by atomic mass is 10.2. The van der Waals surface area contributed by atoms with Gasteiger partial charge >= 0.3 is 0 Å². The largest absolute Gasteiger partial charge is 0.389 e. The van der Waals surface area contributed by atoms with Gasteiger partial charge < -0.3 is 19.9 Å². The van der Waals surface area contributed by atoms with Crippen molar-refractivity contribution in [2.75, 3.05) is 38.3 Å². The predicted molar refractivity (Wildman–Crippen MR) is 89.9 cm³/mol. The summed E-state index contributed by atoms with van der Waals surface area (Å²) in [6, 6.07) is 6.03. The Bertz CT molecular complexity index is 401. The maximum atomic E-state index is 9.87. The highest BCUT2D eigenvalue weighted by Crippen LogP contribution is 2.20. The molecule has 0 aliphatic rings. The average molecular weight is 360 g/mol. The number of nitrogens with one attached hydrogen (secondary N) is 1. The minimum atomic E-state index is -0.529. The van der Waals surface area contributed by atoms with Gasteiger partial charge in [-0.15, -0.1) is 0 Å². The number of halogens is 1. The summed E-state index contributed by atoms with van der Waals surface area (Å²) >= 11 is 3.44. The summed E-state index contributed by atoms with van der Waals surface area (Å²) in [4.78, 5) is 0. The second-order valence-electron chi connectivity index (χ2n) is 5.03. The molecular weight excluding hydrogens is 334 g/mol. The van der Waals surface area contributed by atoms with Crippen LogP contribution in [0.25, 0.3) is 0 Å². The van der Waals surface area contributed by atoms with Crippen LogP contribution in [0.1, 0.15) is 25.3 Å². The van der Waals surface area contributed by atoms with Crippen LogP contribution in [0.5, 0.6) is 0 Å². The van der Waals surface area contributed by atoms with Crippen molar-refractivity contribution in [3.8, 4) is 0 Å². The van der Waals surface area contributed by atoms with E-state index in [1.54, 1.807) is 0 Å². The first kappa shape index (κ1) is 18.4. The number of aryl methyl sites for hydroxylation is 1. The van der Waals surface area contributed by atoms with Gasteiger partial charge in [0.2, 0.25) is 0 Å². The molecule has 0 fully saturated rings. The van der Waals surface area contributed by atoms with E-state index in [1.807, 2.05) is 25.1 Å². The molecule has 0 radical (unpaired) electrons. The first-order valence-electron chi connectivity index (χ1n) is 7.47. The number of hydrogen-bond acceptors (Lipinski definition) is 4. The van der Waals surface area contributed by atoms with Crippen LogP contribution in [0.4, 0.5) is 5.69 Å². The maximum absolute atomic E-state index is 9.87. The van der Waals surface area contributed by atoms with Crippen LogP contribution in [0, 0.1) is 6.92 Å². The Morgan fingerprint density at radius 1 is 1.24 bits per heavy atom. The van der Waals surface area contributed by atoms with Gasteiger partial charge in [-0.1, -0.05) is 35.3 Å². The van der Waals surface area contributed by atoms with Gasteiger partial charge in [0.05, 0.1) is 25.9 Å². The van der Waals surface area contributed by atoms with Crippen molar-refractivity contribution in [1.82, 2.24) is 0 Å². The molecule has 0 spiro atoms. The van der Waals surface area contributed by atoms with E-state index in [2.05, 4.69) is 28.2 Å². The van der Waals surface area contributed by atoms with Gasteiger partial charge in [-0.2, -0.15) is 0 Å². The van der Waals surface area contributed by atoms with Crippen molar-refractivity contribution in [2.45, 2.75) is 32.8 Å². The third-order valence-corrected chi connectivity index (χ3v) is 3.55. The number of rotatable bonds is 11. The van der Waals surface area contributed by atoms with Gasteiger partial charge in [-0.25, -0.2) is 0 Å². The standard InChI is InChI=1S/C16H26BrNO3/c1-3-4-7-20-8-9-21-12-15(19)11-18-16-10-14(17)6-5-13(16)2/h5-6,10,15,18-19H,3-4,7-9,11-12H2,1-2H3. The maximum Gasteiger partial charge on any atom is 0.0945 e.